The van der Waals surface area contributed by atoms with Crippen LogP contribution < -0.4 is 5.73 Å². The summed E-state index contributed by atoms with van der Waals surface area (Å²) in [5.41, 5.74) is 10.8. The quantitative estimate of drug-likeness (QED) is 0.571. The van der Waals surface area contributed by atoms with E-state index >= 15 is 0 Å². The van der Waals surface area contributed by atoms with Crippen molar-refractivity contribution < 1.29 is 0 Å². The molecule has 1 aliphatic carbocycles. The normalized spacial score (nSPS) is 22.3. The molecule has 0 spiro atoms. The highest BCUT2D eigenvalue weighted by atomic mass is 15.3. The third-order valence-electron chi connectivity index (χ3n) is 7.63. The predicted molar refractivity (Wildman–Crippen MR) is 137 cm³/mol. The van der Waals surface area contributed by atoms with Crippen molar-refractivity contribution in [3.63, 3.8) is 0 Å². The van der Waals surface area contributed by atoms with Gasteiger partial charge in [-0.1, -0.05) is 60.7 Å². The molecule has 172 valence electrons. The van der Waals surface area contributed by atoms with E-state index in [1.807, 2.05) is 18.2 Å². The van der Waals surface area contributed by atoms with Crippen LogP contribution in [-0.4, -0.2) is 53.5 Å². The summed E-state index contributed by atoms with van der Waals surface area (Å²) in [6, 6.07) is 26.5. The van der Waals surface area contributed by atoms with Crippen molar-refractivity contribution >= 4 is 5.82 Å². The van der Waals surface area contributed by atoms with Crippen molar-refractivity contribution in [3.8, 4) is 11.3 Å². The molecule has 3 aromatic rings. The number of nitrogens with two attached hydrogens (primary N) is 1. The molecule has 1 saturated carbocycles. The highest BCUT2D eigenvalue weighted by Crippen LogP contribution is 2.35. The Morgan fingerprint density at radius 3 is 2.18 bits per heavy atom. The van der Waals surface area contributed by atoms with Gasteiger partial charge in [-0.15, -0.1) is 0 Å². The monoisotopic (exact) mass is 440 g/mol. The van der Waals surface area contributed by atoms with Gasteiger partial charge in [-0.25, -0.2) is 4.98 Å². The lowest BCUT2D eigenvalue weighted by atomic mass is 9.81. The first kappa shape index (κ1) is 22.1. The zero-order valence-corrected chi connectivity index (χ0v) is 19.6. The number of nitrogen functional groups attached to an aromatic ring is 1. The van der Waals surface area contributed by atoms with Gasteiger partial charge in [-0.2, -0.15) is 0 Å². The van der Waals surface area contributed by atoms with E-state index in [1.54, 1.807) is 0 Å². The molecular formula is C29H36N4. The minimum Gasteiger partial charge on any atom is -0.384 e. The predicted octanol–water partition coefficient (Wildman–Crippen LogP) is 5.22. The van der Waals surface area contributed by atoms with Gasteiger partial charge in [0.15, 0.2) is 0 Å². The van der Waals surface area contributed by atoms with Crippen LogP contribution in [0.1, 0.15) is 42.7 Å². The number of pyridine rings is 1. The highest BCUT2D eigenvalue weighted by Gasteiger charge is 2.28. The molecule has 1 aromatic heterocycles. The van der Waals surface area contributed by atoms with Crippen LogP contribution in [0.4, 0.5) is 5.82 Å². The molecule has 0 radical (unpaired) electrons. The molecule has 0 atom stereocenters. The van der Waals surface area contributed by atoms with Crippen LogP contribution in [0.25, 0.3) is 11.3 Å². The van der Waals surface area contributed by atoms with Gasteiger partial charge >= 0.3 is 0 Å². The van der Waals surface area contributed by atoms with Gasteiger partial charge in [0.1, 0.15) is 5.82 Å². The van der Waals surface area contributed by atoms with Crippen molar-refractivity contribution in [2.45, 2.75) is 44.1 Å². The number of aromatic nitrogens is 1. The molecule has 2 aliphatic rings. The van der Waals surface area contributed by atoms with E-state index in [1.165, 1.54) is 63.0 Å². The van der Waals surface area contributed by atoms with E-state index in [4.69, 9.17) is 5.73 Å². The molecule has 0 amide bonds. The Kier molecular flexibility index (Phi) is 7.03. The number of piperazine rings is 1. The van der Waals surface area contributed by atoms with Gasteiger partial charge in [0.05, 0.1) is 5.69 Å². The maximum atomic E-state index is 5.82. The lowest BCUT2D eigenvalue weighted by Gasteiger charge is -2.42. The molecule has 2 N–H and O–H groups in total. The maximum absolute atomic E-state index is 5.82. The van der Waals surface area contributed by atoms with Crippen LogP contribution in [0.3, 0.4) is 0 Å². The standard InChI is InChI=1S/C29H36N4/c30-29-8-4-7-28(31-29)26-11-9-23(10-12-26)17-18-32-19-21-33(22-20-32)27-15-13-25(14-16-27)24-5-2-1-3-6-24/h1-12,25,27H,13-22H2,(H2,30,31)/t25-,27-. The van der Waals surface area contributed by atoms with Gasteiger partial charge in [0.25, 0.3) is 0 Å². The van der Waals surface area contributed by atoms with Gasteiger partial charge in [0, 0.05) is 44.3 Å². The van der Waals surface area contributed by atoms with Crippen molar-refractivity contribution in [1.29, 1.82) is 0 Å². The largest absolute Gasteiger partial charge is 0.384 e. The second-order valence-corrected chi connectivity index (χ2v) is 9.69. The first-order valence-corrected chi connectivity index (χ1v) is 12.6. The lowest BCUT2D eigenvalue weighted by Crippen LogP contribution is -2.51. The Labute approximate surface area is 198 Å². The van der Waals surface area contributed by atoms with E-state index < -0.39 is 0 Å². The Morgan fingerprint density at radius 2 is 1.48 bits per heavy atom. The van der Waals surface area contributed by atoms with Crippen molar-refractivity contribution in [2.75, 3.05) is 38.5 Å². The Morgan fingerprint density at radius 1 is 0.758 bits per heavy atom. The summed E-state index contributed by atoms with van der Waals surface area (Å²) in [7, 11) is 0. The van der Waals surface area contributed by atoms with Gasteiger partial charge in [-0.05, 0) is 61.3 Å². The molecule has 4 nitrogen and oxygen atoms in total. The summed E-state index contributed by atoms with van der Waals surface area (Å²) >= 11 is 0. The molecule has 2 fully saturated rings. The topological polar surface area (TPSA) is 45.4 Å². The molecule has 5 rings (SSSR count). The Bertz CT molecular complexity index is 1000. The Hall–Kier alpha value is -2.69. The number of benzene rings is 2. The number of nitrogens with zero attached hydrogens (tertiary/aromatic N) is 3. The fraction of sp³-hybridized carbons (Fsp3) is 0.414. The molecule has 2 aromatic carbocycles. The number of hydrogen-bond acceptors (Lipinski definition) is 4. The summed E-state index contributed by atoms with van der Waals surface area (Å²) in [4.78, 5) is 9.83. The van der Waals surface area contributed by atoms with E-state index in [0.29, 0.717) is 5.82 Å². The van der Waals surface area contributed by atoms with E-state index in [-0.39, 0.29) is 0 Å². The van der Waals surface area contributed by atoms with E-state index in [0.717, 1.165) is 36.2 Å². The van der Waals surface area contributed by atoms with Gasteiger partial charge in [0.2, 0.25) is 0 Å². The first-order chi connectivity index (χ1) is 16.2. The average molecular weight is 441 g/mol. The fourth-order valence-corrected chi connectivity index (χ4v) is 5.59. The molecule has 1 saturated heterocycles. The first-order valence-electron chi connectivity index (χ1n) is 12.6. The summed E-state index contributed by atoms with van der Waals surface area (Å²) in [6.07, 6.45) is 6.50. The molecule has 1 aliphatic heterocycles. The second-order valence-electron chi connectivity index (χ2n) is 9.69. The minimum absolute atomic E-state index is 0.569. The van der Waals surface area contributed by atoms with E-state index in [9.17, 15) is 0 Å². The van der Waals surface area contributed by atoms with Crippen LogP contribution in [0.5, 0.6) is 0 Å². The maximum Gasteiger partial charge on any atom is 0.124 e. The zero-order valence-electron chi connectivity index (χ0n) is 19.6. The zero-order chi connectivity index (χ0) is 22.5. The van der Waals surface area contributed by atoms with Gasteiger partial charge in [-0.3, -0.25) is 4.90 Å². The van der Waals surface area contributed by atoms with Crippen LogP contribution in [0.2, 0.25) is 0 Å². The molecule has 0 bridgehead atoms. The highest BCUT2D eigenvalue weighted by molar-refractivity contribution is 5.61. The van der Waals surface area contributed by atoms with Crippen LogP contribution in [0, 0.1) is 0 Å². The van der Waals surface area contributed by atoms with Crippen molar-refractivity contribution in [1.82, 2.24) is 14.8 Å². The van der Waals surface area contributed by atoms with E-state index in [2.05, 4.69) is 69.4 Å². The molecule has 2 heterocycles. The number of hydrogen-bond donors (Lipinski definition) is 1. The third kappa shape index (κ3) is 5.63. The van der Waals surface area contributed by atoms with Crippen molar-refractivity contribution in [3.05, 3.63) is 83.9 Å². The molecule has 33 heavy (non-hydrogen) atoms. The smallest absolute Gasteiger partial charge is 0.124 e. The van der Waals surface area contributed by atoms with Crippen LogP contribution >= 0.6 is 0 Å². The van der Waals surface area contributed by atoms with Gasteiger partial charge < -0.3 is 10.6 Å². The molecule has 0 unspecified atom stereocenters. The SMILES string of the molecule is Nc1cccc(-c2ccc(CCN3CCN([C@H]4CC[C@H](c5ccccc5)CC4)CC3)cc2)n1. The number of anilines is 1. The average Bonchev–Trinajstić information content (AvgIpc) is 2.89. The summed E-state index contributed by atoms with van der Waals surface area (Å²) in [6.45, 7) is 5.99. The minimum atomic E-state index is 0.569. The third-order valence-corrected chi connectivity index (χ3v) is 7.63. The van der Waals surface area contributed by atoms with Crippen LogP contribution in [-0.2, 0) is 6.42 Å². The fourth-order valence-electron chi connectivity index (χ4n) is 5.59. The van der Waals surface area contributed by atoms with Crippen molar-refractivity contribution in [2.24, 2.45) is 0 Å². The lowest BCUT2D eigenvalue weighted by molar-refractivity contribution is 0.0766. The second kappa shape index (κ2) is 10.5. The molecule has 4 heteroatoms. The Balaban J connectivity index is 1.05. The molecular weight excluding hydrogens is 404 g/mol. The summed E-state index contributed by atoms with van der Waals surface area (Å²) in [5, 5.41) is 0. The summed E-state index contributed by atoms with van der Waals surface area (Å²) in [5.74, 6) is 1.34. The summed E-state index contributed by atoms with van der Waals surface area (Å²) < 4.78 is 0. The number of rotatable bonds is 6. The van der Waals surface area contributed by atoms with Crippen LogP contribution in [0.15, 0.2) is 72.8 Å².